The van der Waals surface area contributed by atoms with Crippen LogP contribution in [0.1, 0.15) is 37.0 Å². The SMILES string of the molecule is Cc1ccc(C(O)Cc2ncnn2CC(C)C)cn1. The average Bonchev–Trinajstić information content (AvgIpc) is 2.76. The average molecular weight is 260 g/mol. The molecule has 0 aromatic carbocycles. The van der Waals surface area contributed by atoms with Gasteiger partial charge in [-0.05, 0) is 24.5 Å². The lowest BCUT2D eigenvalue weighted by molar-refractivity contribution is 0.173. The molecule has 1 unspecified atom stereocenters. The van der Waals surface area contributed by atoms with Gasteiger partial charge in [-0.3, -0.25) is 4.98 Å². The van der Waals surface area contributed by atoms with Gasteiger partial charge in [0.1, 0.15) is 12.2 Å². The Bertz CT molecular complexity index is 518. The Morgan fingerprint density at radius 2 is 2.05 bits per heavy atom. The molecule has 0 aliphatic rings. The van der Waals surface area contributed by atoms with Gasteiger partial charge < -0.3 is 5.11 Å². The van der Waals surface area contributed by atoms with E-state index in [1.807, 2.05) is 23.7 Å². The number of hydrogen-bond acceptors (Lipinski definition) is 4. The molecule has 1 N–H and O–H groups in total. The minimum Gasteiger partial charge on any atom is -0.388 e. The summed E-state index contributed by atoms with van der Waals surface area (Å²) in [6, 6.07) is 3.80. The zero-order valence-electron chi connectivity index (χ0n) is 11.6. The number of pyridine rings is 1. The molecule has 102 valence electrons. The second-order valence-electron chi connectivity index (χ2n) is 5.21. The number of aliphatic hydroxyl groups is 1. The Hall–Kier alpha value is -1.75. The molecule has 19 heavy (non-hydrogen) atoms. The summed E-state index contributed by atoms with van der Waals surface area (Å²) in [5, 5.41) is 14.4. The minimum absolute atomic E-state index is 0.456. The van der Waals surface area contributed by atoms with Gasteiger partial charge in [-0.1, -0.05) is 19.9 Å². The van der Waals surface area contributed by atoms with Crippen LogP contribution in [0.3, 0.4) is 0 Å². The molecule has 2 aromatic rings. The summed E-state index contributed by atoms with van der Waals surface area (Å²) < 4.78 is 1.86. The van der Waals surface area contributed by atoms with Gasteiger partial charge in [0.25, 0.3) is 0 Å². The van der Waals surface area contributed by atoms with E-state index < -0.39 is 6.10 Å². The van der Waals surface area contributed by atoms with Gasteiger partial charge in [0.05, 0.1) is 6.10 Å². The van der Waals surface area contributed by atoms with E-state index in [4.69, 9.17) is 0 Å². The van der Waals surface area contributed by atoms with Crippen LogP contribution >= 0.6 is 0 Å². The molecule has 0 amide bonds. The monoisotopic (exact) mass is 260 g/mol. The standard InChI is InChI=1S/C14H20N4O/c1-10(2)8-18-14(16-9-17-18)6-13(19)12-5-4-11(3)15-7-12/h4-5,7,9-10,13,19H,6,8H2,1-3H3. The highest BCUT2D eigenvalue weighted by Gasteiger charge is 2.14. The molecule has 0 aliphatic carbocycles. The molecule has 2 rings (SSSR count). The van der Waals surface area contributed by atoms with Crippen LogP contribution in [0, 0.1) is 12.8 Å². The van der Waals surface area contributed by atoms with Crippen LogP contribution in [0.5, 0.6) is 0 Å². The quantitative estimate of drug-likeness (QED) is 0.892. The summed E-state index contributed by atoms with van der Waals surface area (Å²) >= 11 is 0. The third kappa shape index (κ3) is 3.61. The van der Waals surface area contributed by atoms with E-state index in [9.17, 15) is 5.11 Å². The molecule has 2 heterocycles. The number of rotatable bonds is 5. The summed E-state index contributed by atoms with van der Waals surface area (Å²) in [5.41, 5.74) is 1.75. The third-order valence-electron chi connectivity index (χ3n) is 2.93. The molecular weight excluding hydrogens is 240 g/mol. The van der Waals surface area contributed by atoms with E-state index >= 15 is 0 Å². The largest absolute Gasteiger partial charge is 0.388 e. The smallest absolute Gasteiger partial charge is 0.138 e. The molecule has 0 bridgehead atoms. The molecule has 0 aliphatic heterocycles. The second kappa shape index (κ2) is 5.93. The first-order valence-corrected chi connectivity index (χ1v) is 6.53. The first-order chi connectivity index (χ1) is 9.06. The predicted octanol–water partition coefficient (Wildman–Crippen LogP) is 1.91. The van der Waals surface area contributed by atoms with Crippen LogP contribution in [0.15, 0.2) is 24.7 Å². The van der Waals surface area contributed by atoms with Crippen molar-refractivity contribution in [2.24, 2.45) is 5.92 Å². The maximum Gasteiger partial charge on any atom is 0.138 e. The van der Waals surface area contributed by atoms with E-state index in [-0.39, 0.29) is 0 Å². The summed E-state index contributed by atoms with van der Waals surface area (Å²) in [4.78, 5) is 8.42. The molecule has 5 heteroatoms. The molecule has 0 spiro atoms. The first-order valence-electron chi connectivity index (χ1n) is 6.53. The van der Waals surface area contributed by atoms with Crippen LogP contribution in [0.2, 0.25) is 0 Å². The zero-order valence-corrected chi connectivity index (χ0v) is 11.6. The summed E-state index contributed by atoms with van der Waals surface area (Å²) in [6.07, 6.45) is 3.11. The first kappa shape index (κ1) is 13.7. The highest BCUT2D eigenvalue weighted by Crippen LogP contribution is 2.17. The highest BCUT2D eigenvalue weighted by atomic mass is 16.3. The van der Waals surface area contributed by atoms with E-state index in [1.54, 1.807) is 6.20 Å². The Morgan fingerprint density at radius 1 is 1.26 bits per heavy atom. The van der Waals surface area contributed by atoms with E-state index in [2.05, 4.69) is 28.9 Å². The number of aryl methyl sites for hydroxylation is 1. The molecule has 5 nitrogen and oxygen atoms in total. The van der Waals surface area contributed by atoms with Crippen molar-refractivity contribution in [3.63, 3.8) is 0 Å². The van der Waals surface area contributed by atoms with E-state index in [1.165, 1.54) is 6.33 Å². The van der Waals surface area contributed by atoms with Gasteiger partial charge >= 0.3 is 0 Å². The lowest BCUT2D eigenvalue weighted by atomic mass is 10.1. The van der Waals surface area contributed by atoms with Gasteiger partial charge in [0.15, 0.2) is 0 Å². The van der Waals surface area contributed by atoms with Gasteiger partial charge in [-0.15, -0.1) is 0 Å². The lowest BCUT2D eigenvalue weighted by Gasteiger charge is -2.12. The second-order valence-corrected chi connectivity index (χ2v) is 5.21. The molecule has 0 saturated heterocycles. The normalized spacial score (nSPS) is 12.9. The maximum atomic E-state index is 10.2. The Morgan fingerprint density at radius 3 is 2.68 bits per heavy atom. The van der Waals surface area contributed by atoms with Crippen molar-refractivity contribution in [2.75, 3.05) is 0 Å². The highest BCUT2D eigenvalue weighted by molar-refractivity contribution is 5.16. The third-order valence-corrected chi connectivity index (χ3v) is 2.93. The van der Waals surface area contributed by atoms with Crippen molar-refractivity contribution < 1.29 is 5.11 Å². The van der Waals surface area contributed by atoms with E-state index in [0.29, 0.717) is 12.3 Å². The van der Waals surface area contributed by atoms with Crippen LogP contribution in [0.25, 0.3) is 0 Å². The molecule has 2 aromatic heterocycles. The number of nitrogens with zero attached hydrogens (tertiary/aromatic N) is 4. The minimum atomic E-state index is -0.594. The van der Waals surface area contributed by atoms with Gasteiger partial charge in [0.2, 0.25) is 0 Å². The summed E-state index contributed by atoms with van der Waals surface area (Å²) in [7, 11) is 0. The van der Waals surface area contributed by atoms with Crippen LogP contribution in [-0.2, 0) is 13.0 Å². The zero-order chi connectivity index (χ0) is 13.8. The Labute approximate surface area is 113 Å². The van der Waals surface area contributed by atoms with Gasteiger partial charge in [-0.25, -0.2) is 9.67 Å². The number of aliphatic hydroxyl groups excluding tert-OH is 1. The fourth-order valence-corrected chi connectivity index (χ4v) is 1.91. The van der Waals surface area contributed by atoms with Crippen LogP contribution < -0.4 is 0 Å². The summed E-state index contributed by atoms with van der Waals surface area (Å²) in [6.45, 7) is 7.00. The van der Waals surface area contributed by atoms with Crippen molar-refractivity contribution >= 4 is 0 Å². The fourth-order valence-electron chi connectivity index (χ4n) is 1.91. The topological polar surface area (TPSA) is 63.8 Å². The number of hydrogen-bond donors (Lipinski definition) is 1. The van der Waals surface area contributed by atoms with Gasteiger partial charge in [-0.2, -0.15) is 5.10 Å². The van der Waals surface area contributed by atoms with Crippen LogP contribution in [-0.4, -0.2) is 24.9 Å². The molecule has 0 saturated carbocycles. The molecule has 0 radical (unpaired) electrons. The van der Waals surface area contributed by atoms with Gasteiger partial charge in [0, 0.05) is 24.9 Å². The number of aromatic nitrogens is 4. The van der Waals surface area contributed by atoms with Crippen molar-refractivity contribution in [1.29, 1.82) is 0 Å². The lowest BCUT2D eigenvalue weighted by Crippen LogP contribution is -2.13. The van der Waals surface area contributed by atoms with E-state index in [0.717, 1.165) is 23.6 Å². The van der Waals surface area contributed by atoms with Crippen molar-refractivity contribution in [2.45, 2.75) is 39.8 Å². The molecule has 0 fully saturated rings. The van der Waals surface area contributed by atoms with Crippen LogP contribution in [0.4, 0.5) is 0 Å². The molecule has 1 atom stereocenters. The predicted molar refractivity (Wildman–Crippen MR) is 72.5 cm³/mol. The maximum absolute atomic E-state index is 10.2. The van der Waals surface area contributed by atoms with Crippen molar-refractivity contribution in [3.8, 4) is 0 Å². The van der Waals surface area contributed by atoms with Crippen molar-refractivity contribution in [3.05, 3.63) is 41.7 Å². The Kier molecular flexibility index (Phi) is 4.27. The fraction of sp³-hybridized carbons (Fsp3) is 0.500. The Balaban J connectivity index is 2.08. The molecular formula is C14H20N4O. The summed E-state index contributed by atoms with van der Waals surface area (Å²) in [5.74, 6) is 1.31. The van der Waals surface area contributed by atoms with Crippen molar-refractivity contribution in [1.82, 2.24) is 19.7 Å².